The first-order valence-electron chi connectivity index (χ1n) is 5.13. The molecule has 1 aromatic carbocycles. The van der Waals surface area contributed by atoms with Gasteiger partial charge in [-0.3, -0.25) is 9.69 Å². The van der Waals surface area contributed by atoms with E-state index in [-0.39, 0.29) is 12.1 Å². The summed E-state index contributed by atoms with van der Waals surface area (Å²) in [5, 5.41) is 9.11. The lowest BCUT2D eigenvalue weighted by molar-refractivity contribution is -0.125. The Morgan fingerprint density at radius 1 is 1.32 bits per heavy atom. The number of Topliss-reactive ketones (excluding diaryl/α,β-unsaturated/α-hetero) is 1. The maximum Gasteiger partial charge on any atom is 0.412 e. The van der Waals surface area contributed by atoms with Crippen LogP contribution in [0.4, 0.5) is 19.3 Å². The van der Waals surface area contributed by atoms with Crippen molar-refractivity contribution in [3.8, 4) is 0 Å². The highest BCUT2D eigenvalue weighted by Crippen LogP contribution is 2.44. The summed E-state index contributed by atoms with van der Waals surface area (Å²) < 4.78 is 24.3. The van der Waals surface area contributed by atoms with Crippen LogP contribution in [0, 0.1) is 11.6 Å². The SMILES string of the molecule is O=C(O)N(c1cc(F)cc(F)c1)C1CC(=O)C1(Cl)Cl. The van der Waals surface area contributed by atoms with Crippen molar-refractivity contribution in [3.05, 3.63) is 29.8 Å². The fourth-order valence-electron chi connectivity index (χ4n) is 1.85. The molecular weight excluding hydrogens is 303 g/mol. The number of benzene rings is 1. The largest absolute Gasteiger partial charge is 0.465 e. The molecule has 0 saturated heterocycles. The Hall–Kier alpha value is -1.40. The van der Waals surface area contributed by atoms with Gasteiger partial charge < -0.3 is 5.11 Å². The molecule has 1 N–H and O–H groups in total. The third-order valence-corrected chi connectivity index (χ3v) is 3.74. The summed E-state index contributed by atoms with van der Waals surface area (Å²) in [5.74, 6) is -2.42. The van der Waals surface area contributed by atoms with E-state index in [0.29, 0.717) is 11.0 Å². The summed E-state index contributed by atoms with van der Waals surface area (Å²) >= 11 is 11.4. The number of hydrogen-bond donors (Lipinski definition) is 1. The summed E-state index contributed by atoms with van der Waals surface area (Å²) in [7, 11) is 0. The monoisotopic (exact) mass is 309 g/mol. The van der Waals surface area contributed by atoms with Crippen molar-refractivity contribution in [3.63, 3.8) is 0 Å². The van der Waals surface area contributed by atoms with E-state index >= 15 is 0 Å². The normalized spacial score (nSPS) is 20.8. The van der Waals surface area contributed by atoms with Gasteiger partial charge in [0.25, 0.3) is 0 Å². The van der Waals surface area contributed by atoms with Crippen molar-refractivity contribution in [2.45, 2.75) is 16.8 Å². The second-order valence-electron chi connectivity index (χ2n) is 4.05. The van der Waals surface area contributed by atoms with Crippen molar-refractivity contribution in [1.29, 1.82) is 0 Å². The number of ketones is 1. The van der Waals surface area contributed by atoms with Crippen molar-refractivity contribution < 1.29 is 23.5 Å². The lowest BCUT2D eigenvalue weighted by Gasteiger charge is -2.43. The Bertz CT molecular complexity index is 545. The van der Waals surface area contributed by atoms with Gasteiger partial charge in [-0.05, 0) is 12.1 Å². The van der Waals surface area contributed by atoms with E-state index in [9.17, 15) is 18.4 Å². The predicted molar refractivity (Wildman–Crippen MR) is 64.7 cm³/mol. The molecule has 1 atom stereocenters. The lowest BCUT2D eigenvalue weighted by Crippen LogP contribution is -2.62. The van der Waals surface area contributed by atoms with E-state index in [4.69, 9.17) is 28.3 Å². The van der Waals surface area contributed by atoms with E-state index in [1.54, 1.807) is 0 Å². The number of nitrogens with zero attached hydrogens (tertiary/aromatic N) is 1. The molecule has 2 rings (SSSR count). The van der Waals surface area contributed by atoms with Gasteiger partial charge >= 0.3 is 6.09 Å². The van der Waals surface area contributed by atoms with Crippen LogP contribution in [0.25, 0.3) is 0 Å². The van der Waals surface area contributed by atoms with Gasteiger partial charge in [-0.2, -0.15) is 0 Å². The Morgan fingerprint density at radius 2 is 1.84 bits per heavy atom. The average Bonchev–Trinajstić information content (AvgIpc) is 2.27. The molecule has 4 nitrogen and oxygen atoms in total. The van der Waals surface area contributed by atoms with E-state index < -0.39 is 33.9 Å². The van der Waals surface area contributed by atoms with Gasteiger partial charge in [0.1, 0.15) is 11.6 Å². The van der Waals surface area contributed by atoms with Crippen LogP contribution in [0.3, 0.4) is 0 Å². The van der Waals surface area contributed by atoms with Crippen molar-refractivity contribution in [2.75, 3.05) is 4.90 Å². The van der Waals surface area contributed by atoms with Crippen molar-refractivity contribution >= 4 is 40.8 Å². The Labute approximate surface area is 116 Å². The van der Waals surface area contributed by atoms with E-state index in [2.05, 4.69) is 0 Å². The van der Waals surface area contributed by atoms with Crippen LogP contribution in [0.15, 0.2) is 18.2 Å². The molecule has 1 aliphatic carbocycles. The lowest BCUT2D eigenvalue weighted by atomic mass is 9.88. The van der Waals surface area contributed by atoms with Crippen molar-refractivity contribution in [1.82, 2.24) is 0 Å². The van der Waals surface area contributed by atoms with E-state index in [0.717, 1.165) is 12.1 Å². The minimum Gasteiger partial charge on any atom is -0.465 e. The molecule has 0 radical (unpaired) electrons. The number of carbonyl (C=O) groups is 2. The molecule has 1 amide bonds. The molecule has 0 spiro atoms. The smallest absolute Gasteiger partial charge is 0.412 e. The fourth-order valence-corrected chi connectivity index (χ4v) is 2.35. The Balaban J connectivity index is 2.42. The number of anilines is 1. The zero-order valence-corrected chi connectivity index (χ0v) is 10.8. The average molecular weight is 310 g/mol. The number of halogens is 4. The van der Waals surface area contributed by atoms with Crippen LogP contribution in [-0.4, -0.2) is 27.4 Å². The molecule has 0 aromatic heterocycles. The third kappa shape index (κ3) is 2.37. The Kier molecular flexibility index (Phi) is 3.40. The number of amides is 1. The quantitative estimate of drug-likeness (QED) is 0.854. The number of carbonyl (C=O) groups excluding carboxylic acids is 1. The molecule has 0 heterocycles. The summed E-state index contributed by atoms with van der Waals surface area (Å²) in [4.78, 5) is 23.0. The summed E-state index contributed by atoms with van der Waals surface area (Å²) in [6.07, 6.45) is -1.72. The van der Waals surface area contributed by atoms with Crippen LogP contribution in [0.1, 0.15) is 6.42 Å². The van der Waals surface area contributed by atoms with Gasteiger partial charge in [0, 0.05) is 12.5 Å². The van der Waals surface area contributed by atoms with Crippen LogP contribution < -0.4 is 4.90 Å². The molecular formula is C11H7Cl2F2NO3. The van der Waals surface area contributed by atoms with Crippen molar-refractivity contribution in [2.24, 2.45) is 0 Å². The maximum atomic E-state index is 13.1. The molecule has 1 fully saturated rings. The van der Waals surface area contributed by atoms with Crippen LogP contribution in [0.5, 0.6) is 0 Å². The number of carboxylic acid groups (broad SMARTS) is 1. The second-order valence-corrected chi connectivity index (χ2v) is 5.43. The van der Waals surface area contributed by atoms with Gasteiger partial charge in [-0.15, -0.1) is 0 Å². The van der Waals surface area contributed by atoms with Crippen LogP contribution in [0.2, 0.25) is 0 Å². The van der Waals surface area contributed by atoms with Gasteiger partial charge in [-0.1, -0.05) is 23.2 Å². The van der Waals surface area contributed by atoms with Gasteiger partial charge in [0.15, 0.2) is 10.1 Å². The third-order valence-electron chi connectivity index (χ3n) is 2.81. The number of hydrogen-bond acceptors (Lipinski definition) is 2. The molecule has 102 valence electrons. The van der Waals surface area contributed by atoms with Gasteiger partial charge in [-0.25, -0.2) is 13.6 Å². The van der Waals surface area contributed by atoms with Gasteiger partial charge in [0.2, 0.25) is 0 Å². The number of rotatable bonds is 2. The standard InChI is InChI=1S/C11H7Cl2F2NO3/c12-11(13)8(4-9(11)17)16(10(18)19)7-2-5(14)1-6(15)3-7/h1-3,8H,4H2,(H,18,19). The predicted octanol–water partition coefficient (Wildman–Crippen LogP) is 2.96. The second kappa shape index (κ2) is 4.61. The Morgan fingerprint density at radius 3 is 2.21 bits per heavy atom. The highest BCUT2D eigenvalue weighted by atomic mass is 35.5. The molecule has 0 aliphatic heterocycles. The zero-order chi connectivity index (χ0) is 14.4. The summed E-state index contributed by atoms with van der Waals surface area (Å²) in [6.45, 7) is 0. The zero-order valence-electron chi connectivity index (χ0n) is 9.24. The molecule has 1 aliphatic rings. The molecule has 1 aromatic rings. The maximum absolute atomic E-state index is 13.1. The summed E-state index contributed by atoms with van der Waals surface area (Å²) in [5.41, 5.74) is -0.270. The minimum absolute atomic E-state index is 0.211. The fraction of sp³-hybridized carbons (Fsp3) is 0.273. The van der Waals surface area contributed by atoms with Crippen LogP contribution >= 0.6 is 23.2 Å². The van der Waals surface area contributed by atoms with E-state index in [1.807, 2.05) is 0 Å². The molecule has 19 heavy (non-hydrogen) atoms. The topological polar surface area (TPSA) is 57.6 Å². The first-order chi connectivity index (χ1) is 8.73. The van der Waals surface area contributed by atoms with E-state index in [1.165, 1.54) is 0 Å². The molecule has 8 heteroatoms. The molecule has 1 saturated carbocycles. The minimum atomic E-state index is -1.90. The first kappa shape index (κ1) is 14.0. The first-order valence-corrected chi connectivity index (χ1v) is 5.88. The molecule has 0 bridgehead atoms. The molecule has 1 unspecified atom stereocenters. The highest BCUT2D eigenvalue weighted by molar-refractivity contribution is 6.61. The highest BCUT2D eigenvalue weighted by Gasteiger charge is 2.57. The van der Waals surface area contributed by atoms with Gasteiger partial charge in [0.05, 0.1) is 11.7 Å². The summed E-state index contributed by atoms with van der Waals surface area (Å²) in [6, 6.07) is 1.17. The number of alkyl halides is 2. The van der Waals surface area contributed by atoms with Crippen LogP contribution in [-0.2, 0) is 4.79 Å².